The molecule has 100 valence electrons. The van der Waals surface area contributed by atoms with Gasteiger partial charge in [-0.1, -0.05) is 6.92 Å². The predicted molar refractivity (Wildman–Crippen MR) is 71.4 cm³/mol. The summed E-state index contributed by atoms with van der Waals surface area (Å²) in [5, 5.41) is 6.31. The minimum atomic E-state index is -0.779. The Morgan fingerprint density at radius 1 is 1.59 bits per heavy atom. The molecule has 3 unspecified atom stereocenters. The van der Waals surface area contributed by atoms with Gasteiger partial charge in [0, 0.05) is 35.4 Å². The van der Waals surface area contributed by atoms with E-state index >= 15 is 0 Å². The van der Waals surface area contributed by atoms with E-state index in [-0.39, 0.29) is 17.4 Å². The van der Waals surface area contributed by atoms with E-state index < -0.39 is 10.8 Å². The molecule has 5 heteroatoms. The van der Waals surface area contributed by atoms with Gasteiger partial charge in [0.2, 0.25) is 5.91 Å². The average Bonchev–Trinajstić information content (AvgIpc) is 2.76. The lowest BCUT2D eigenvalue weighted by molar-refractivity contribution is -0.130. The number of hydrogen-bond donors (Lipinski definition) is 2. The summed E-state index contributed by atoms with van der Waals surface area (Å²) in [5.41, 5.74) is -0.223. The fourth-order valence-electron chi connectivity index (χ4n) is 2.19. The summed E-state index contributed by atoms with van der Waals surface area (Å²) in [4.78, 5) is 12.2. The minimum Gasteiger partial charge on any atom is -0.353 e. The second-order valence-electron chi connectivity index (χ2n) is 5.00. The number of carbonyl (C=O) groups is 1. The second kappa shape index (κ2) is 6.50. The van der Waals surface area contributed by atoms with E-state index in [4.69, 9.17) is 0 Å². The topological polar surface area (TPSA) is 58.2 Å². The van der Waals surface area contributed by atoms with Crippen LogP contribution in [0.15, 0.2) is 0 Å². The molecule has 1 fully saturated rings. The number of amides is 1. The van der Waals surface area contributed by atoms with Crippen LogP contribution in [0.4, 0.5) is 0 Å². The van der Waals surface area contributed by atoms with Crippen LogP contribution in [0.1, 0.15) is 33.1 Å². The third-order valence-electron chi connectivity index (χ3n) is 3.62. The van der Waals surface area contributed by atoms with Crippen LogP contribution in [-0.2, 0) is 15.6 Å². The average molecular weight is 260 g/mol. The molecule has 0 aliphatic carbocycles. The van der Waals surface area contributed by atoms with Crippen molar-refractivity contribution in [3.05, 3.63) is 0 Å². The molecule has 17 heavy (non-hydrogen) atoms. The van der Waals surface area contributed by atoms with Crippen LogP contribution in [0.3, 0.4) is 0 Å². The van der Waals surface area contributed by atoms with Gasteiger partial charge in [-0.2, -0.15) is 0 Å². The molecule has 1 saturated heterocycles. The summed E-state index contributed by atoms with van der Waals surface area (Å²) in [6.07, 6.45) is 4.27. The zero-order chi connectivity index (χ0) is 12.9. The Kier molecular flexibility index (Phi) is 5.59. The van der Waals surface area contributed by atoms with Gasteiger partial charge < -0.3 is 10.6 Å². The molecule has 1 amide bonds. The molecule has 0 saturated carbocycles. The molecule has 4 nitrogen and oxygen atoms in total. The molecular weight excluding hydrogens is 236 g/mol. The van der Waals surface area contributed by atoms with Crippen LogP contribution in [0.5, 0.6) is 0 Å². The molecule has 1 aliphatic rings. The maximum Gasteiger partial charge on any atom is 0.227 e. The van der Waals surface area contributed by atoms with Gasteiger partial charge in [-0.3, -0.25) is 9.00 Å². The fourth-order valence-corrected chi connectivity index (χ4v) is 2.88. The van der Waals surface area contributed by atoms with Gasteiger partial charge in [0.1, 0.15) is 0 Å². The predicted octanol–water partition coefficient (Wildman–Crippen LogP) is 0.649. The van der Waals surface area contributed by atoms with Crippen molar-refractivity contribution in [2.75, 3.05) is 25.1 Å². The first-order valence-electron chi connectivity index (χ1n) is 6.32. The summed E-state index contributed by atoms with van der Waals surface area (Å²) in [7, 11) is -0.779. The van der Waals surface area contributed by atoms with Crippen LogP contribution < -0.4 is 10.6 Å². The van der Waals surface area contributed by atoms with Crippen LogP contribution in [0.2, 0.25) is 0 Å². The van der Waals surface area contributed by atoms with Gasteiger partial charge in [-0.05, 0) is 32.7 Å². The summed E-state index contributed by atoms with van der Waals surface area (Å²) in [6, 6.07) is 0.107. The molecule has 0 bridgehead atoms. The van der Waals surface area contributed by atoms with Gasteiger partial charge in [0.15, 0.2) is 0 Å². The van der Waals surface area contributed by atoms with E-state index in [1.807, 2.05) is 6.92 Å². The van der Waals surface area contributed by atoms with E-state index in [0.29, 0.717) is 5.75 Å². The lowest BCUT2D eigenvalue weighted by Crippen LogP contribution is -2.46. The Morgan fingerprint density at radius 3 is 2.76 bits per heavy atom. The van der Waals surface area contributed by atoms with Crippen LogP contribution in [0.25, 0.3) is 0 Å². The van der Waals surface area contributed by atoms with E-state index in [0.717, 1.165) is 32.4 Å². The normalized spacial score (nSPS) is 27.7. The lowest BCUT2D eigenvalue weighted by atomic mass is 9.83. The zero-order valence-electron chi connectivity index (χ0n) is 11.0. The van der Waals surface area contributed by atoms with Crippen LogP contribution in [-0.4, -0.2) is 41.3 Å². The highest BCUT2D eigenvalue weighted by atomic mass is 32.2. The quantitative estimate of drug-likeness (QED) is 0.737. The standard InChI is InChI=1S/C12H24N2O2S/c1-4-12(6-7-13-9-12)11(15)14-10(2)5-8-17(3)16/h10,13H,4-9H2,1-3H3,(H,14,15). The third-order valence-corrected chi connectivity index (χ3v) is 4.43. The first kappa shape index (κ1) is 14.6. The molecule has 1 rings (SSSR count). The third kappa shape index (κ3) is 4.07. The van der Waals surface area contributed by atoms with Gasteiger partial charge >= 0.3 is 0 Å². The molecule has 0 aromatic carbocycles. The molecule has 3 atom stereocenters. The van der Waals surface area contributed by atoms with Gasteiger partial charge in [-0.25, -0.2) is 0 Å². The molecule has 1 aliphatic heterocycles. The van der Waals surface area contributed by atoms with E-state index in [2.05, 4.69) is 17.6 Å². The smallest absolute Gasteiger partial charge is 0.227 e. The fraction of sp³-hybridized carbons (Fsp3) is 0.917. The Bertz CT molecular complexity index is 288. The van der Waals surface area contributed by atoms with Crippen molar-refractivity contribution < 1.29 is 9.00 Å². The minimum absolute atomic E-state index is 0.107. The van der Waals surface area contributed by atoms with E-state index in [1.54, 1.807) is 6.26 Å². The van der Waals surface area contributed by atoms with Gasteiger partial charge in [0.25, 0.3) is 0 Å². The summed E-state index contributed by atoms with van der Waals surface area (Å²) in [6.45, 7) is 5.76. The number of nitrogens with one attached hydrogen (secondary N) is 2. The first-order chi connectivity index (χ1) is 8.00. The van der Waals surface area contributed by atoms with Crippen molar-refractivity contribution in [2.24, 2.45) is 5.41 Å². The summed E-state index contributed by atoms with van der Waals surface area (Å²) >= 11 is 0. The SMILES string of the molecule is CCC1(C(=O)NC(C)CCS(C)=O)CCNC1. The Labute approximate surface area is 106 Å². The maximum absolute atomic E-state index is 12.2. The van der Waals surface area contributed by atoms with Crippen molar-refractivity contribution in [2.45, 2.75) is 39.2 Å². The first-order valence-corrected chi connectivity index (χ1v) is 8.04. The van der Waals surface area contributed by atoms with Crippen LogP contribution >= 0.6 is 0 Å². The molecule has 0 aromatic rings. The second-order valence-corrected chi connectivity index (χ2v) is 6.56. The van der Waals surface area contributed by atoms with Gasteiger partial charge in [0.05, 0.1) is 5.41 Å². The molecule has 0 aromatic heterocycles. The molecular formula is C12H24N2O2S. The van der Waals surface area contributed by atoms with Gasteiger partial charge in [-0.15, -0.1) is 0 Å². The summed E-state index contributed by atoms with van der Waals surface area (Å²) < 4.78 is 11.0. The lowest BCUT2D eigenvalue weighted by Gasteiger charge is -2.27. The number of hydrogen-bond acceptors (Lipinski definition) is 3. The molecule has 1 heterocycles. The van der Waals surface area contributed by atoms with E-state index in [9.17, 15) is 9.00 Å². The Hall–Kier alpha value is -0.420. The van der Waals surface area contributed by atoms with Crippen molar-refractivity contribution in [3.8, 4) is 0 Å². The van der Waals surface area contributed by atoms with Crippen molar-refractivity contribution in [1.82, 2.24) is 10.6 Å². The van der Waals surface area contributed by atoms with Crippen molar-refractivity contribution in [1.29, 1.82) is 0 Å². The van der Waals surface area contributed by atoms with E-state index in [1.165, 1.54) is 0 Å². The highest BCUT2D eigenvalue weighted by Gasteiger charge is 2.39. The Morgan fingerprint density at radius 2 is 2.29 bits per heavy atom. The maximum atomic E-state index is 12.2. The summed E-state index contributed by atoms with van der Waals surface area (Å²) in [5.74, 6) is 0.804. The molecule has 0 spiro atoms. The number of carbonyl (C=O) groups excluding carboxylic acids is 1. The highest BCUT2D eigenvalue weighted by Crippen LogP contribution is 2.29. The van der Waals surface area contributed by atoms with Crippen molar-refractivity contribution >= 4 is 16.7 Å². The zero-order valence-corrected chi connectivity index (χ0v) is 11.9. The highest BCUT2D eigenvalue weighted by molar-refractivity contribution is 7.84. The monoisotopic (exact) mass is 260 g/mol. The largest absolute Gasteiger partial charge is 0.353 e. The van der Waals surface area contributed by atoms with Crippen molar-refractivity contribution in [3.63, 3.8) is 0 Å². The number of rotatable bonds is 6. The molecule has 2 N–H and O–H groups in total. The van der Waals surface area contributed by atoms with Crippen LogP contribution in [0, 0.1) is 5.41 Å². The molecule has 0 radical (unpaired) electrons. The Balaban J connectivity index is 2.44.